The number of allylic oxidation sites excluding steroid dienone is 2. The molecule has 2 aromatic carbocycles. The summed E-state index contributed by atoms with van der Waals surface area (Å²) in [5.41, 5.74) is 6.17. The van der Waals surface area contributed by atoms with Crippen molar-refractivity contribution in [3.8, 4) is 0 Å². The number of rotatable bonds is 12. The summed E-state index contributed by atoms with van der Waals surface area (Å²) in [4.78, 5) is 37.4. The molecule has 4 rings (SSSR count). The van der Waals surface area contributed by atoms with Crippen molar-refractivity contribution in [2.45, 2.75) is 62.8 Å². The van der Waals surface area contributed by atoms with Crippen molar-refractivity contribution in [3.63, 3.8) is 0 Å². The molecule has 1 heterocycles. The van der Waals surface area contributed by atoms with E-state index >= 15 is 0 Å². The molecular weight excluding hydrogens is 512 g/mol. The number of benzene rings is 2. The summed E-state index contributed by atoms with van der Waals surface area (Å²) < 4.78 is 14.6. The number of hydrogen-bond donors (Lipinski definition) is 3. The number of likely N-dealkylation sites (tertiary alicyclic amines) is 1. The lowest BCUT2D eigenvalue weighted by Crippen LogP contribution is -2.45. The molecule has 1 saturated heterocycles. The Labute approximate surface area is 234 Å². The van der Waals surface area contributed by atoms with Gasteiger partial charge in [0.25, 0.3) is 0 Å². The normalized spacial score (nSPS) is 20.5. The second-order valence-electron chi connectivity index (χ2n) is 9.85. The Bertz CT molecular complexity index is 1130. The summed E-state index contributed by atoms with van der Waals surface area (Å²) in [6.07, 6.45) is 11.5. The van der Waals surface area contributed by atoms with E-state index in [1.54, 1.807) is 17.0 Å². The van der Waals surface area contributed by atoms with Crippen LogP contribution in [-0.2, 0) is 25.4 Å². The highest BCUT2D eigenvalue weighted by atomic mass is 32.2. The van der Waals surface area contributed by atoms with Crippen molar-refractivity contribution in [3.05, 3.63) is 72.8 Å². The maximum atomic E-state index is 12.0. The minimum absolute atomic E-state index is 0.0000809. The minimum Gasteiger partial charge on any atom is -0.376 e. The van der Waals surface area contributed by atoms with Crippen LogP contribution in [-0.4, -0.2) is 46.0 Å². The number of carbonyl (C=O) groups excluding carboxylic acids is 3. The van der Waals surface area contributed by atoms with Crippen LogP contribution in [0.3, 0.4) is 0 Å². The monoisotopic (exact) mass is 552 g/mol. The fourth-order valence-electron chi connectivity index (χ4n) is 4.48. The van der Waals surface area contributed by atoms with Crippen LogP contribution < -0.4 is 15.8 Å². The lowest BCUT2D eigenvalue weighted by molar-refractivity contribution is -0.135. The summed E-state index contributed by atoms with van der Waals surface area (Å²) in [5.74, 6) is -0.263. The first-order valence-electron chi connectivity index (χ1n) is 13.7. The second-order valence-corrected chi connectivity index (χ2v) is 11.1. The Hall–Kier alpha value is -3.46. The minimum atomic E-state index is -1.44. The summed E-state index contributed by atoms with van der Waals surface area (Å²) in [6, 6.07) is 18.1. The molecule has 3 amide bonds. The molecule has 39 heavy (non-hydrogen) atoms. The highest BCUT2D eigenvalue weighted by molar-refractivity contribution is 7.83. The van der Waals surface area contributed by atoms with Gasteiger partial charge in [-0.15, -0.1) is 0 Å². The van der Waals surface area contributed by atoms with E-state index in [0.717, 1.165) is 24.9 Å². The first-order valence-corrected chi connectivity index (χ1v) is 14.9. The van der Waals surface area contributed by atoms with Gasteiger partial charge in [-0.1, -0.05) is 68.3 Å². The second kappa shape index (κ2) is 15.8. The average Bonchev–Trinajstić information content (AvgIpc) is 3.56. The molecule has 0 bridgehead atoms. The van der Waals surface area contributed by atoms with E-state index in [4.69, 9.17) is 5.73 Å². The van der Waals surface area contributed by atoms with Gasteiger partial charge in [-0.2, -0.15) is 0 Å². The molecule has 4 atom stereocenters. The van der Waals surface area contributed by atoms with Crippen LogP contribution in [0.2, 0.25) is 0 Å². The van der Waals surface area contributed by atoms with Gasteiger partial charge in [-0.3, -0.25) is 19.1 Å². The molecule has 1 aliphatic heterocycles. The number of para-hydroxylation sites is 1. The van der Waals surface area contributed by atoms with Gasteiger partial charge >= 0.3 is 0 Å². The molecule has 1 aliphatic carbocycles. The molecule has 9 heteroatoms. The topological polar surface area (TPSA) is 122 Å². The average molecular weight is 553 g/mol. The summed E-state index contributed by atoms with van der Waals surface area (Å²) in [5, 5.41) is 3.04. The van der Waals surface area contributed by atoms with Crippen LogP contribution in [0.1, 0.15) is 51.9 Å². The quantitative estimate of drug-likeness (QED) is 0.270. The van der Waals surface area contributed by atoms with E-state index in [1.165, 1.54) is 19.3 Å². The van der Waals surface area contributed by atoms with Crippen molar-refractivity contribution in [2.75, 3.05) is 18.4 Å². The molecule has 1 unspecified atom stereocenters. The summed E-state index contributed by atoms with van der Waals surface area (Å²) >= 11 is 0. The number of nitrogens with two attached hydrogens (primary N) is 1. The Morgan fingerprint density at radius 2 is 1.74 bits per heavy atom. The third-order valence-corrected chi connectivity index (χ3v) is 7.89. The number of primary amides is 1. The van der Waals surface area contributed by atoms with E-state index in [-0.39, 0.29) is 24.3 Å². The number of unbranched alkanes of at least 4 members (excludes halogenated alkanes) is 3. The van der Waals surface area contributed by atoms with Crippen molar-refractivity contribution in [1.82, 2.24) is 9.62 Å². The molecule has 0 spiro atoms. The van der Waals surface area contributed by atoms with Gasteiger partial charge in [0.1, 0.15) is 6.04 Å². The van der Waals surface area contributed by atoms with E-state index < -0.39 is 22.9 Å². The standard InChI is InChI=1S/C17H23NO2S.C13H17N3O2/c1-2-3-4-5-7-10-14-13-16(14)17(19)18-21(20)15-11-8-6-9-12-15;14-13(18)11-7-4-8-16(11)12(17)9-15-10-5-2-1-3-6-10/h6-12,14,16H,2-5,13H2,1H3,(H,18,19);1-3,5-6,11,15H,4,7-9H2,(H2,14,18)/b10-7-;/t14-,16+,21?;11-/m10/s1. The largest absolute Gasteiger partial charge is 0.376 e. The Morgan fingerprint density at radius 1 is 1.05 bits per heavy atom. The van der Waals surface area contributed by atoms with Gasteiger partial charge in [0.2, 0.25) is 17.7 Å². The fraction of sp³-hybridized carbons (Fsp3) is 0.433. The van der Waals surface area contributed by atoms with E-state index in [9.17, 15) is 18.6 Å². The number of carbonyl (C=O) groups is 3. The zero-order valence-corrected chi connectivity index (χ0v) is 23.4. The molecule has 0 radical (unpaired) electrons. The maximum absolute atomic E-state index is 12.0. The summed E-state index contributed by atoms with van der Waals surface area (Å²) in [7, 11) is -1.44. The van der Waals surface area contributed by atoms with Crippen LogP contribution in [0.25, 0.3) is 0 Å². The van der Waals surface area contributed by atoms with Crippen LogP contribution in [0, 0.1) is 11.8 Å². The molecule has 2 fully saturated rings. The van der Waals surface area contributed by atoms with Gasteiger partial charge < -0.3 is 16.0 Å². The van der Waals surface area contributed by atoms with Gasteiger partial charge in [-0.25, -0.2) is 4.21 Å². The highest BCUT2D eigenvalue weighted by Gasteiger charge is 2.41. The van der Waals surface area contributed by atoms with E-state index in [1.807, 2.05) is 48.5 Å². The number of nitrogens with zero attached hydrogens (tertiary/aromatic N) is 1. The third-order valence-electron chi connectivity index (χ3n) is 6.80. The summed E-state index contributed by atoms with van der Waals surface area (Å²) in [6.45, 7) is 2.99. The fourth-order valence-corrected chi connectivity index (χ4v) is 5.33. The lowest BCUT2D eigenvalue weighted by atomic mass is 10.2. The highest BCUT2D eigenvalue weighted by Crippen LogP contribution is 2.40. The van der Waals surface area contributed by atoms with Gasteiger partial charge in [0, 0.05) is 18.2 Å². The third kappa shape index (κ3) is 9.98. The zero-order valence-electron chi connectivity index (χ0n) is 22.6. The Morgan fingerprint density at radius 3 is 2.41 bits per heavy atom. The van der Waals surface area contributed by atoms with Crippen LogP contribution in [0.4, 0.5) is 5.69 Å². The molecule has 8 nitrogen and oxygen atoms in total. The smallest absolute Gasteiger partial charge is 0.242 e. The molecule has 4 N–H and O–H groups in total. The number of amides is 3. The van der Waals surface area contributed by atoms with Crippen molar-refractivity contribution < 1.29 is 18.6 Å². The van der Waals surface area contributed by atoms with Crippen molar-refractivity contribution >= 4 is 34.4 Å². The molecule has 1 saturated carbocycles. The molecule has 2 aliphatic rings. The first-order chi connectivity index (χ1) is 18.9. The molecule has 210 valence electrons. The van der Waals surface area contributed by atoms with E-state index in [2.05, 4.69) is 29.1 Å². The number of anilines is 1. The Balaban J connectivity index is 0.000000218. The Kier molecular flexibility index (Phi) is 12.2. The van der Waals surface area contributed by atoms with E-state index in [0.29, 0.717) is 23.8 Å². The van der Waals surface area contributed by atoms with Gasteiger partial charge in [-0.05, 0) is 62.3 Å². The molecular formula is C30H40N4O4S. The van der Waals surface area contributed by atoms with Crippen LogP contribution >= 0.6 is 0 Å². The lowest BCUT2D eigenvalue weighted by Gasteiger charge is -2.22. The number of hydrogen-bond acceptors (Lipinski definition) is 5. The predicted octanol–water partition coefficient (Wildman–Crippen LogP) is 4.17. The number of nitrogens with one attached hydrogen (secondary N) is 2. The van der Waals surface area contributed by atoms with Crippen LogP contribution in [0.15, 0.2) is 77.7 Å². The SMILES string of the molecule is CCCCC/C=C\[C@@H]1C[C@@H]1C(=O)NS(=O)c1ccccc1.NC(=O)[C@@H]1CCCN1C(=O)CNc1ccccc1. The van der Waals surface area contributed by atoms with Crippen molar-refractivity contribution in [1.29, 1.82) is 0 Å². The molecule has 2 aromatic rings. The van der Waals surface area contributed by atoms with Gasteiger partial charge in [0.15, 0.2) is 11.0 Å². The van der Waals surface area contributed by atoms with Crippen LogP contribution in [0.5, 0.6) is 0 Å². The maximum Gasteiger partial charge on any atom is 0.242 e. The van der Waals surface area contributed by atoms with Crippen molar-refractivity contribution in [2.24, 2.45) is 17.6 Å². The predicted molar refractivity (Wildman–Crippen MR) is 155 cm³/mol. The zero-order chi connectivity index (χ0) is 28.0. The molecule has 0 aromatic heterocycles. The van der Waals surface area contributed by atoms with Gasteiger partial charge in [0.05, 0.1) is 11.4 Å². The first kappa shape index (κ1) is 30.1.